The molecule has 1 aliphatic heterocycles. The molecule has 6 heteroatoms. The highest BCUT2D eigenvalue weighted by Gasteiger charge is 2.24. The van der Waals surface area contributed by atoms with E-state index in [0.29, 0.717) is 6.04 Å². The van der Waals surface area contributed by atoms with Crippen molar-refractivity contribution in [1.82, 2.24) is 25.1 Å². The van der Waals surface area contributed by atoms with Crippen molar-refractivity contribution in [3.05, 3.63) is 35.7 Å². The number of methoxy groups -OCH3 is 1. The van der Waals surface area contributed by atoms with Crippen molar-refractivity contribution in [3.63, 3.8) is 0 Å². The van der Waals surface area contributed by atoms with Crippen LogP contribution in [0.1, 0.15) is 62.9 Å². The number of likely N-dealkylation sites (tertiary alicyclic amines) is 1. The molecule has 0 radical (unpaired) electrons. The second-order valence-electron chi connectivity index (χ2n) is 6.78. The first kappa shape index (κ1) is 17.9. The van der Waals surface area contributed by atoms with Crippen LogP contribution in [0.25, 0.3) is 0 Å². The maximum atomic E-state index is 5.30. The van der Waals surface area contributed by atoms with Gasteiger partial charge in [-0.1, -0.05) is 38.3 Å². The van der Waals surface area contributed by atoms with Gasteiger partial charge in [-0.3, -0.25) is 4.90 Å². The summed E-state index contributed by atoms with van der Waals surface area (Å²) in [6.07, 6.45) is 7.25. The van der Waals surface area contributed by atoms with Crippen LogP contribution in [0.3, 0.4) is 0 Å². The number of hydrogen-bond donors (Lipinski definition) is 0. The van der Waals surface area contributed by atoms with E-state index in [0.717, 1.165) is 44.0 Å². The zero-order chi connectivity index (χ0) is 17.5. The molecule has 1 aromatic carbocycles. The van der Waals surface area contributed by atoms with E-state index >= 15 is 0 Å². The number of unbranched alkanes of at least 4 members (excludes halogenated alkanes) is 1. The zero-order valence-electron chi connectivity index (χ0n) is 15.4. The largest absolute Gasteiger partial charge is 0.497 e. The molecule has 25 heavy (non-hydrogen) atoms. The molecule has 0 aliphatic carbocycles. The molecule has 1 unspecified atom stereocenters. The molecule has 2 heterocycles. The van der Waals surface area contributed by atoms with Crippen LogP contribution in [0.2, 0.25) is 0 Å². The Hall–Kier alpha value is -1.95. The number of rotatable bonds is 7. The fourth-order valence-corrected chi connectivity index (χ4v) is 3.56. The second-order valence-corrected chi connectivity index (χ2v) is 6.78. The molecule has 3 rings (SSSR count). The van der Waals surface area contributed by atoms with Crippen molar-refractivity contribution in [1.29, 1.82) is 0 Å². The average molecular weight is 343 g/mol. The molecule has 0 spiro atoms. The number of nitrogens with zero attached hydrogens (tertiary/aromatic N) is 5. The summed E-state index contributed by atoms with van der Waals surface area (Å²) in [4.78, 5) is 2.54. The van der Waals surface area contributed by atoms with Gasteiger partial charge in [0.25, 0.3) is 0 Å². The van der Waals surface area contributed by atoms with Gasteiger partial charge in [-0.2, -0.15) is 0 Å². The van der Waals surface area contributed by atoms with Gasteiger partial charge in [0.15, 0.2) is 5.82 Å². The minimum absolute atomic E-state index is 0.421. The molecule has 1 fully saturated rings. The van der Waals surface area contributed by atoms with Gasteiger partial charge < -0.3 is 4.74 Å². The van der Waals surface area contributed by atoms with Gasteiger partial charge in [-0.25, -0.2) is 4.68 Å². The lowest BCUT2D eigenvalue weighted by atomic mass is 10.0. The quantitative estimate of drug-likeness (QED) is 0.769. The minimum Gasteiger partial charge on any atom is -0.497 e. The van der Waals surface area contributed by atoms with Gasteiger partial charge in [0.2, 0.25) is 0 Å². The molecule has 2 aromatic rings. The first-order valence-corrected chi connectivity index (χ1v) is 9.45. The lowest BCUT2D eigenvalue weighted by Crippen LogP contribution is -2.29. The average Bonchev–Trinajstić information content (AvgIpc) is 2.96. The first-order chi connectivity index (χ1) is 12.3. The number of benzene rings is 1. The molecule has 0 saturated carbocycles. The maximum absolute atomic E-state index is 5.30. The van der Waals surface area contributed by atoms with Crippen molar-refractivity contribution in [3.8, 4) is 5.75 Å². The predicted molar refractivity (Wildman–Crippen MR) is 97.3 cm³/mol. The van der Waals surface area contributed by atoms with E-state index in [2.05, 4.69) is 51.6 Å². The molecule has 6 nitrogen and oxygen atoms in total. The van der Waals surface area contributed by atoms with Gasteiger partial charge in [-0.05, 0) is 53.9 Å². The highest BCUT2D eigenvalue weighted by molar-refractivity contribution is 5.29. The summed E-state index contributed by atoms with van der Waals surface area (Å²) in [5, 5.41) is 12.4. The number of tetrazole rings is 1. The monoisotopic (exact) mass is 343 g/mol. The molecular weight excluding hydrogens is 314 g/mol. The van der Waals surface area contributed by atoms with Crippen LogP contribution in [-0.4, -0.2) is 38.8 Å². The Bertz CT molecular complexity index is 640. The summed E-state index contributed by atoms with van der Waals surface area (Å²) in [6, 6.07) is 8.93. The predicted octanol–water partition coefficient (Wildman–Crippen LogP) is 3.60. The summed E-state index contributed by atoms with van der Waals surface area (Å²) >= 11 is 0. The smallest absolute Gasteiger partial charge is 0.165 e. The van der Waals surface area contributed by atoms with Crippen LogP contribution in [0.4, 0.5) is 0 Å². The maximum Gasteiger partial charge on any atom is 0.165 e. The fourth-order valence-electron chi connectivity index (χ4n) is 3.56. The molecule has 0 N–H and O–H groups in total. The van der Waals surface area contributed by atoms with Crippen LogP contribution in [0.5, 0.6) is 5.75 Å². The number of aromatic nitrogens is 4. The van der Waals surface area contributed by atoms with Crippen molar-refractivity contribution < 1.29 is 4.74 Å². The molecular formula is C19H29N5O. The van der Waals surface area contributed by atoms with E-state index in [4.69, 9.17) is 4.74 Å². The van der Waals surface area contributed by atoms with E-state index in [1.807, 2.05) is 4.68 Å². The van der Waals surface area contributed by atoms with Crippen LogP contribution >= 0.6 is 0 Å². The lowest BCUT2D eigenvalue weighted by Gasteiger charge is -2.30. The molecule has 1 aromatic heterocycles. The first-order valence-electron chi connectivity index (χ1n) is 9.45. The normalized spacial score (nSPS) is 18.9. The highest BCUT2D eigenvalue weighted by atomic mass is 16.5. The fraction of sp³-hybridized carbons (Fsp3) is 0.632. The van der Waals surface area contributed by atoms with Crippen LogP contribution in [-0.2, 0) is 13.1 Å². The molecule has 0 amide bonds. The summed E-state index contributed by atoms with van der Waals surface area (Å²) in [7, 11) is 1.71. The zero-order valence-corrected chi connectivity index (χ0v) is 15.4. The highest BCUT2D eigenvalue weighted by Crippen LogP contribution is 2.32. The lowest BCUT2D eigenvalue weighted by molar-refractivity contribution is 0.184. The van der Waals surface area contributed by atoms with E-state index in [1.54, 1.807) is 7.11 Å². The van der Waals surface area contributed by atoms with E-state index in [1.165, 1.54) is 31.2 Å². The van der Waals surface area contributed by atoms with Gasteiger partial charge >= 0.3 is 0 Å². The summed E-state index contributed by atoms with van der Waals surface area (Å²) < 4.78 is 7.27. The Labute approximate surface area is 150 Å². The van der Waals surface area contributed by atoms with Crippen molar-refractivity contribution in [2.24, 2.45) is 0 Å². The van der Waals surface area contributed by atoms with Gasteiger partial charge in [0.05, 0.1) is 13.7 Å². The van der Waals surface area contributed by atoms with Gasteiger partial charge in [0, 0.05) is 12.6 Å². The van der Waals surface area contributed by atoms with Crippen molar-refractivity contribution in [2.45, 2.75) is 64.6 Å². The standard InChI is InChI=1S/C19H29N5O/c1-3-4-14-24-19(20-21-22-24)15-23-13-7-5-6-8-18(23)16-9-11-17(25-2)12-10-16/h9-12,18H,3-8,13-15H2,1-2H3. The third-order valence-corrected chi connectivity index (χ3v) is 5.04. The molecule has 1 saturated heterocycles. The number of hydrogen-bond acceptors (Lipinski definition) is 5. The number of aryl methyl sites for hydroxylation is 1. The third-order valence-electron chi connectivity index (χ3n) is 5.04. The molecule has 0 bridgehead atoms. The Kier molecular flexibility index (Phi) is 6.39. The molecule has 136 valence electrons. The SMILES string of the molecule is CCCCn1nnnc1CN1CCCCCC1c1ccc(OC)cc1. The molecule has 1 atom stereocenters. The van der Waals surface area contributed by atoms with E-state index in [9.17, 15) is 0 Å². The minimum atomic E-state index is 0.421. The number of ether oxygens (including phenoxy) is 1. The van der Waals surface area contributed by atoms with Crippen molar-refractivity contribution >= 4 is 0 Å². The summed E-state index contributed by atoms with van der Waals surface area (Å²) in [5.41, 5.74) is 1.36. The summed E-state index contributed by atoms with van der Waals surface area (Å²) in [5.74, 6) is 1.89. The van der Waals surface area contributed by atoms with Crippen LogP contribution in [0.15, 0.2) is 24.3 Å². The Morgan fingerprint density at radius 2 is 2.00 bits per heavy atom. The van der Waals surface area contributed by atoms with Crippen molar-refractivity contribution in [2.75, 3.05) is 13.7 Å². The second kappa shape index (κ2) is 8.94. The summed E-state index contributed by atoms with van der Waals surface area (Å²) in [6.45, 7) is 5.00. The van der Waals surface area contributed by atoms with Gasteiger partial charge in [0.1, 0.15) is 5.75 Å². The van der Waals surface area contributed by atoms with Crippen LogP contribution in [0, 0.1) is 0 Å². The van der Waals surface area contributed by atoms with E-state index < -0.39 is 0 Å². The van der Waals surface area contributed by atoms with E-state index in [-0.39, 0.29) is 0 Å². The third kappa shape index (κ3) is 4.57. The Morgan fingerprint density at radius 3 is 2.76 bits per heavy atom. The van der Waals surface area contributed by atoms with Gasteiger partial charge in [-0.15, -0.1) is 5.10 Å². The molecule has 1 aliphatic rings. The Balaban J connectivity index is 1.77. The van der Waals surface area contributed by atoms with Crippen LogP contribution < -0.4 is 4.74 Å². The Morgan fingerprint density at radius 1 is 1.16 bits per heavy atom. The topological polar surface area (TPSA) is 56.1 Å².